The van der Waals surface area contributed by atoms with Gasteiger partial charge in [-0.2, -0.15) is 0 Å². The minimum Gasteiger partial charge on any atom is -0.423 e. The maximum Gasteiger partial charge on any atom is 0.235 e. The highest BCUT2D eigenvalue weighted by Crippen LogP contribution is 2.28. The van der Waals surface area contributed by atoms with E-state index in [1.807, 2.05) is 0 Å². The molecule has 0 saturated carbocycles. The molecule has 0 unspecified atom stereocenters. The van der Waals surface area contributed by atoms with Gasteiger partial charge in [0, 0.05) is 17.6 Å². The molecule has 3 rings (SSSR count). The molecule has 1 aromatic heterocycles. The summed E-state index contributed by atoms with van der Waals surface area (Å²) < 4.78 is 5.80. The highest BCUT2D eigenvalue weighted by atomic mass is 16.4. The molecule has 0 atom stereocenters. The Morgan fingerprint density at radius 2 is 2.00 bits per heavy atom. The Hall–Kier alpha value is -1.84. The van der Waals surface area contributed by atoms with Crippen LogP contribution in [-0.2, 0) is 18.4 Å². The lowest BCUT2D eigenvalue weighted by atomic mass is 9.97. The lowest BCUT2D eigenvalue weighted by Crippen LogP contribution is -2.28. The van der Waals surface area contributed by atoms with Crippen LogP contribution < -0.4 is 4.90 Å². The van der Waals surface area contributed by atoms with Crippen molar-refractivity contribution >= 4 is 5.69 Å². The Morgan fingerprint density at radius 3 is 2.75 bits per heavy atom. The molecule has 2 aromatic rings. The van der Waals surface area contributed by atoms with Crippen LogP contribution in [0, 0.1) is 0 Å². The van der Waals surface area contributed by atoms with Gasteiger partial charge in [0.15, 0.2) is 0 Å². The number of hydrogen-bond donors (Lipinski definition) is 0. The third kappa shape index (κ3) is 2.55. The van der Waals surface area contributed by atoms with E-state index >= 15 is 0 Å². The van der Waals surface area contributed by atoms with Crippen molar-refractivity contribution in [1.82, 2.24) is 10.2 Å². The molecule has 0 saturated heterocycles. The van der Waals surface area contributed by atoms with Gasteiger partial charge in [-0.3, -0.25) is 0 Å². The van der Waals surface area contributed by atoms with Gasteiger partial charge in [0.25, 0.3) is 0 Å². The molecule has 1 aromatic carbocycles. The standard InChI is InChI=1S/C16H21N3O/c1-16(2,3)15-18-17-14(20-15)11-19-10-6-8-12-7-4-5-9-13(12)19/h4-5,7,9H,6,8,10-11H2,1-3H3. The van der Waals surface area contributed by atoms with Gasteiger partial charge < -0.3 is 9.32 Å². The lowest BCUT2D eigenvalue weighted by molar-refractivity contribution is 0.369. The molecule has 2 heterocycles. The van der Waals surface area contributed by atoms with E-state index in [-0.39, 0.29) is 5.41 Å². The lowest BCUT2D eigenvalue weighted by Gasteiger charge is -2.30. The van der Waals surface area contributed by atoms with Crippen LogP contribution in [0.15, 0.2) is 28.7 Å². The maximum atomic E-state index is 5.80. The van der Waals surface area contributed by atoms with Crippen molar-refractivity contribution in [2.24, 2.45) is 0 Å². The van der Waals surface area contributed by atoms with Crippen molar-refractivity contribution in [3.05, 3.63) is 41.6 Å². The molecule has 0 N–H and O–H groups in total. The summed E-state index contributed by atoms with van der Waals surface area (Å²) in [4.78, 5) is 2.33. The van der Waals surface area contributed by atoms with Gasteiger partial charge in [0.1, 0.15) is 0 Å². The van der Waals surface area contributed by atoms with Gasteiger partial charge in [0.2, 0.25) is 11.8 Å². The summed E-state index contributed by atoms with van der Waals surface area (Å²) in [7, 11) is 0. The third-order valence-electron chi connectivity index (χ3n) is 3.64. The van der Waals surface area contributed by atoms with Gasteiger partial charge in [-0.15, -0.1) is 10.2 Å². The number of rotatable bonds is 2. The maximum absolute atomic E-state index is 5.80. The number of nitrogens with zero attached hydrogens (tertiary/aromatic N) is 3. The fourth-order valence-corrected chi connectivity index (χ4v) is 2.56. The van der Waals surface area contributed by atoms with Crippen molar-refractivity contribution in [2.75, 3.05) is 11.4 Å². The van der Waals surface area contributed by atoms with E-state index in [4.69, 9.17) is 4.42 Å². The van der Waals surface area contributed by atoms with Crippen LogP contribution in [0.25, 0.3) is 0 Å². The average Bonchev–Trinajstić information content (AvgIpc) is 2.88. The normalized spacial score (nSPS) is 15.2. The fourth-order valence-electron chi connectivity index (χ4n) is 2.56. The van der Waals surface area contributed by atoms with E-state index in [1.165, 1.54) is 17.7 Å². The number of aromatic nitrogens is 2. The highest BCUT2D eigenvalue weighted by molar-refractivity contribution is 5.55. The first kappa shape index (κ1) is 13.2. The molecule has 4 heteroatoms. The summed E-state index contributed by atoms with van der Waals surface area (Å²) >= 11 is 0. The van der Waals surface area contributed by atoms with Crippen molar-refractivity contribution in [3.8, 4) is 0 Å². The van der Waals surface area contributed by atoms with Crippen LogP contribution in [0.4, 0.5) is 5.69 Å². The quantitative estimate of drug-likeness (QED) is 0.840. The van der Waals surface area contributed by atoms with Gasteiger partial charge >= 0.3 is 0 Å². The van der Waals surface area contributed by atoms with Gasteiger partial charge in [-0.1, -0.05) is 39.0 Å². The second kappa shape index (κ2) is 4.93. The molecule has 20 heavy (non-hydrogen) atoms. The number of hydrogen-bond acceptors (Lipinski definition) is 4. The summed E-state index contributed by atoms with van der Waals surface area (Å²) in [5.74, 6) is 1.41. The number of aryl methyl sites for hydroxylation is 1. The first-order valence-electron chi connectivity index (χ1n) is 7.20. The van der Waals surface area contributed by atoms with E-state index in [0.717, 1.165) is 13.0 Å². The molecule has 0 fully saturated rings. The number of benzene rings is 1. The first-order valence-corrected chi connectivity index (χ1v) is 7.20. The average molecular weight is 271 g/mol. The van der Waals surface area contributed by atoms with Crippen LogP contribution in [-0.4, -0.2) is 16.7 Å². The number of fused-ring (bicyclic) bond motifs is 1. The molecule has 0 radical (unpaired) electrons. The zero-order valence-corrected chi connectivity index (χ0v) is 12.4. The molecule has 0 amide bonds. The van der Waals surface area contributed by atoms with E-state index in [2.05, 4.69) is 60.1 Å². The predicted octanol–water partition coefficient (Wildman–Crippen LogP) is 3.32. The van der Waals surface area contributed by atoms with Crippen molar-refractivity contribution in [2.45, 2.75) is 45.6 Å². The Balaban J connectivity index is 1.81. The van der Waals surface area contributed by atoms with Crippen molar-refractivity contribution in [3.63, 3.8) is 0 Å². The number of para-hydroxylation sites is 1. The Kier molecular flexibility index (Phi) is 3.24. The third-order valence-corrected chi connectivity index (χ3v) is 3.64. The van der Waals surface area contributed by atoms with Gasteiger partial charge in [0.05, 0.1) is 6.54 Å². The van der Waals surface area contributed by atoms with Crippen LogP contribution in [0.3, 0.4) is 0 Å². The molecule has 0 spiro atoms. The summed E-state index contributed by atoms with van der Waals surface area (Å²) in [6, 6.07) is 8.57. The minimum atomic E-state index is -0.0922. The zero-order chi connectivity index (χ0) is 14.2. The van der Waals surface area contributed by atoms with Crippen LogP contribution in [0.5, 0.6) is 0 Å². The first-order chi connectivity index (χ1) is 9.54. The van der Waals surface area contributed by atoms with Crippen LogP contribution in [0.1, 0.15) is 44.5 Å². The van der Waals surface area contributed by atoms with E-state index in [9.17, 15) is 0 Å². The molecule has 0 aliphatic carbocycles. The molecule has 106 valence electrons. The highest BCUT2D eigenvalue weighted by Gasteiger charge is 2.23. The van der Waals surface area contributed by atoms with Crippen molar-refractivity contribution in [1.29, 1.82) is 0 Å². The molecule has 1 aliphatic rings. The zero-order valence-electron chi connectivity index (χ0n) is 12.4. The topological polar surface area (TPSA) is 42.2 Å². The Bertz CT molecular complexity index is 598. The SMILES string of the molecule is CC(C)(C)c1nnc(CN2CCCc3ccccc32)o1. The predicted molar refractivity (Wildman–Crippen MR) is 78.8 cm³/mol. The summed E-state index contributed by atoms with van der Waals surface area (Å²) in [5.41, 5.74) is 2.62. The summed E-state index contributed by atoms with van der Waals surface area (Å²) in [6.45, 7) is 7.99. The smallest absolute Gasteiger partial charge is 0.235 e. The minimum absolute atomic E-state index is 0.0922. The molecular weight excluding hydrogens is 250 g/mol. The molecular formula is C16H21N3O. The molecule has 0 bridgehead atoms. The largest absolute Gasteiger partial charge is 0.423 e. The summed E-state index contributed by atoms with van der Waals surface area (Å²) in [5, 5.41) is 8.36. The number of anilines is 1. The fraction of sp³-hybridized carbons (Fsp3) is 0.500. The molecule has 1 aliphatic heterocycles. The van der Waals surface area contributed by atoms with Gasteiger partial charge in [-0.25, -0.2) is 0 Å². The van der Waals surface area contributed by atoms with Crippen molar-refractivity contribution < 1.29 is 4.42 Å². The van der Waals surface area contributed by atoms with Gasteiger partial charge in [-0.05, 0) is 24.5 Å². The second-order valence-electron chi connectivity index (χ2n) is 6.40. The second-order valence-corrected chi connectivity index (χ2v) is 6.40. The Labute approximate surface area is 119 Å². The molecule has 4 nitrogen and oxygen atoms in total. The summed E-state index contributed by atoms with van der Waals surface area (Å²) in [6.07, 6.45) is 2.33. The Morgan fingerprint density at radius 1 is 1.20 bits per heavy atom. The van der Waals surface area contributed by atoms with E-state index in [0.29, 0.717) is 18.3 Å². The van der Waals surface area contributed by atoms with Crippen LogP contribution >= 0.6 is 0 Å². The monoisotopic (exact) mass is 271 g/mol. The van der Waals surface area contributed by atoms with E-state index in [1.54, 1.807) is 0 Å². The van der Waals surface area contributed by atoms with E-state index < -0.39 is 0 Å². The van der Waals surface area contributed by atoms with Crippen LogP contribution in [0.2, 0.25) is 0 Å².